The number of aromatic nitrogens is 1. The standard InChI is InChI=1S/C26H32N2O2/c1-4-5-16-28(26(29)18-22-12-14-25(30-3)15-13-22)20-24-11-8-17-27(24)19-23-10-7-6-9-21(23)2/h6-15,17H,4-5,16,18-20H2,1-3H3. The van der Waals surface area contributed by atoms with Crippen molar-refractivity contribution in [3.63, 3.8) is 0 Å². The number of hydrogen-bond donors (Lipinski definition) is 0. The molecule has 30 heavy (non-hydrogen) atoms. The second-order valence-corrected chi connectivity index (χ2v) is 7.75. The fraction of sp³-hybridized carbons (Fsp3) is 0.346. The van der Waals surface area contributed by atoms with Crippen molar-refractivity contribution < 1.29 is 9.53 Å². The summed E-state index contributed by atoms with van der Waals surface area (Å²) in [6, 6.07) is 20.4. The lowest BCUT2D eigenvalue weighted by atomic mass is 10.1. The van der Waals surface area contributed by atoms with Crippen LogP contribution in [0.25, 0.3) is 0 Å². The molecule has 0 bridgehead atoms. The molecule has 0 atom stereocenters. The summed E-state index contributed by atoms with van der Waals surface area (Å²) >= 11 is 0. The SMILES string of the molecule is CCCCN(Cc1cccn1Cc1ccccc1C)C(=O)Cc1ccc(OC)cc1. The van der Waals surface area contributed by atoms with Crippen LogP contribution in [0.1, 0.15) is 42.1 Å². The van der Waals surface area contributed by atoms with Crippen molar-refractivity contribution in [3.05, 3.63) is 89.2 Å². The van der Waals surface area contributed by atoms with Crippen molar-refractivity contribution in [2.45, 2.75) is 46.2 Å². The van der Waals surface area contributed by atoms with Crippen LogP contribution in [-0.2, 0) is 24.3 Å². The lowest BCUT2D eigenvalue weighted by Gasteiger charge is -2.24. The van der Waals surface area contributed by atoms with Gasteiger partial charge in [0.1, 0.15) is 5.75 Å². The van der Waals surface area contributed by atoms with E-state index < -0.39 is 0 Å². The van der Waals surface area contributed by atoms with E-state index in [2.05, 4.69) is 61.0 Å². The molecule has 3 aromatic rings. The van der Waals surface area contributed by atoms with E-state index in [0.29, 0.717) is 13.0 Å². The van der Waals surface area contributed by atoms with Crippen LogP contribution >= 0.6 is 0 Å². The van der Waals surface area contributed by atoms with Gasteiger partial charge in [-0.1, -0.05) is 49.7 Å². The molecular formula is C26H32N2O2. The number of ether oxygens (including phenoxy) is 1. The minimum atomic E-state index is 0.164. The summed E-state index contributed by atoms with van der Waals surface area (Å²) in [5.74, 6) is 0.973. The van der Waals surface area contributed by atoms with E-state index in [9.17, 15) is 4.79 Å². The molecule has 0 saturated carbocycles. The number of unbranched alkanes of at least 4 members (excludes halogenated alkanes) is 1. The Morgan fingerprint density at radius 1 is 1.03 bits per heavy atom. The van der Waals surface area contributed by atoms with Crippen molar-refractivity contribution in [1.82, 2.24) is 9.47 Å². The highest BCUT2D eigenvalue weighted by atomic mass is 16.5. The molecule has 0 aliphatic rings. The maximum atomic E-state index is 13.1. The minimum absolute atomic E-state index is 0.164. The third-order valence-corrected chi connectivity index (χ3v) is 5.53. The van der Waals surface area contributed by atoms with Crippen LogP contribution in [0.15, 0.2) is 66.9 Å². The van der Waals surface area contributed by atoms with E-state index >= 15 is 0 Å². The molecule has 1 aromatic heterocycles. The second kappa shape index (κ2) is 10.7. The predicted molar refractivity (Wildman–Crippen MR) is 122 cm³/mol. The van der Waals surface area contributed by atoms with Crippen LogP contribution in [0.2, 0.25) is 0 Å². The number of amides is 1. The monoisotopic (exact) mass is 404 g/mol. The van der Waals surface area contributed by atoms with Gasteiger partial charge in [0.05, 0.1) is 20.1 Å². The summed E-state index contributed by atoms with van der Waals surface area (Å²) in [7, 11) is 1.65. The van der Waals surface area contributed by atoms with Crippen LogP contribution in [-0.4, -0.2) is 29.0 Å². The molecule has 1 amide bonds. The lowest BCUT2D eigenvalue weighted by molar-refractivity contribution is -0.131. The Labute approximate surface area is 180 Å². The Bertz CT molecular complexity index is 944. The number of benzene rings is 2. The van der Waals surface area contributed by atoms with Gasteiger partial charge >= 0.3 is 0 Å². The summed E-state index contributed by atoms with van der Waals surface area (Å²) in [4.78, 5) is 15.1. The molecule has 0 fully saturated rings. The Kier molecular flexibility index (Phi) is 7.72. The van der Waals surface area contributed by atoms with Crippen molar-refractivity contribution in [3.8, 4) is 5.75 Å². The third-order valence-electron chi connectivity index (χ3n) is 5.53. The van der Waals surface area contributed by atoms with Crippen molar-refractivity contribution in [2.75, 3.05) is 13.7 Å². The highest BCUT2D eigenvalue weighted by molar-refractivity contribution is 5.78. The molecule has 0 aliphatic carbocycles. The number of nitrogens with zero attached hydrogens (tertiary/aromatic N) is 2. The van der Waals surface area contributed by atoms with E-state index in [-0.39, 0.29) is 5.91 Å². The largest absolute Gasteiger partial charge is 0.497 e. The minimum Gasteiger partial charge on any atom is -0.497 e. The molecule has 0 radical (unpaired) electrons. The normalized spacial score (nSPS) is 10.8. The third kappa shape index (κ3) is 5.76. The Hall–Kier alpha value is -3.01. The van der Waals surface area contributed by atoms with Gasteiger partial charge in [-0.3, -0.25) is 4.79 Å². The average Bonchev–Trinajstić information content (AvgIpc) is 3.19. The van der Waals surface area contributed by atoms with E-state index in [0.717, 1.165) is 42.9 Å². The van der Waals surface area contributed by atoms with Crippen LogP contribution < -0.4 is 4.74 Å². The Balaban J connectivity index is 1.72. The zero-order valence-corrected chi connectivity index (χ0v) is 18.3. The second-order valence-electron chi connectivity index (χ2n) is 7.75. The molecule has 0 spiro atoms. The number of carbonyl (C=O) groups is 1. The molecule has 2 aromatic carbocycles. The quantitative estimate of drug-likeness (QED) is 0.464. The zero-order valence-electron chi connectivity index (χ0n) is 18.3. The van der Waals surface area contributed by atoms with E-state index in [1.807, 2.05) is 29.2 Å². The summed E-state index contributed by atoms with van der Waals surface area (Å²) < 4.78 is 7.47. The van der Waals surface area contributed by atoms with Crippen LogP contribution in [0.4, 0.5) is 0 Å². The molecule has 4 heteroatoms. The maximum Gasteiger partial charge on any atom is 0.227 e. The van der Waals surface area contributed by atoms with Gasteiger partial charge in [-0.15, -0.1) is 0 Å². The number of rotatable bonds is 10. The number of hydrogen-bond acceptors (Lipinski definition) is 2. The highest BCUT2D eigenvalue weighted by Crippen LogP contribution is 2.16. The Morgan fingerprint density at radius 2 is 1.80 bits per heavy atom. The van der Waals surface area contributed by atoms with Crippen LogP contribution in [0, 0.1) is 6.92 Å². The van der Waals surface area contributed by atoms with Crippen LogP contribution in [0.3, 0.4) is 0 Å². The van der Waals surface area contributed by atoms with Crippen molar-refractivity contribution in [2.24, 2.45) is 0 Å². The van der Waals surface area contributed by atoms with Gasteiger partial charge in [-0.25, -0.2) is 0 Å². The first kappa shape index (κ1) is 21.7. The summed E-state index contributed by atoms with van der Waals surface area (Å²) in [5, 5.41) is 0. The van der Waals surface area contributed by atoms with Gasteiger partial charge in [0.2, 0.25) is 5.91 Å². The van der Waals surface area contributed by atoms with Gasteiger partial charge < -0.3 is 14.2 Å². The lowest BCUT2D eigenvalue weighted by Crippen LogP contribution is -2.33. The first-order valence-corrected chi connectivity index (χ1v) is 10.7. The van der Waals surface area contributed by atoms with E-state index in [4.69, 9.17) is 4.74 Å². The van der Waals surface area contributed by atoms with Gasteiger partial charge in [0.15, 0.2) is 0 Å². The van der Waals surface area contributed by atoms with Crippen molar-refractivity contribution >= 4 is 5.91 Å². The van der Waals surface area contributed by atoms with Crippen LogP contribution in [0.5, 0.6) is 5.75 Å². The molecular weight excluding hydrogens is 372 g/mol. The number of methoxy groups -OCH3 is 1. The molecule has 158 valence electrons. The molecule has 0 saturated heterocycles. The molecule has 4 nitrogen and oxygen atoms in total. The molecule has 0 aliphatic heterocycles. The average molecular weight is 405 g/mol. The number of aryl methyl sites for hydroxylation is 1. The maximum absolute atomic E-state index is 13.1. The van der Waals surface area contributed by atoms with Gasteiger partial charge in [0.25, 0.3) is 0 Å². The van der Waals surface area contributed by atoms with Gasteiger partial charge in [0, 0.05) is 25.0 Å². The summed E-state index contributed by atoms with van der Waals surface area (Å²) in [6.45, 7) is 6.54. The molecule has 1 heterocycles. The zero-order chi connectivity index (χ0) is 21.3. The van der Waals surface area contributed by atoms with Gasteiger partial charge in [-0.2, -0.15) is 0 Å². The van der Waals surface area contributed by atoms with Crippen molar-refractivity contribution in [1.29, 1.82) is 0 Å². The summed E-state index contributed by atoms with van der Waals surface area (Å²) in [6.07, 6.45) is 4.59. The smallest absolute Gasteiger partial charge is 0.227 e. The fourth-order valence-electron chi connectivity index (χ4n) is 3.58. The molecule has 0 N–H and O–H groups in total. The highest BCUT2D eigenvalue weighted by Gasteiger charge is 2.16. The summed E-state index contributed by atoms with van der Waals surface area (Å²) in [5.41, 5.74) is 4.77. The number of carbonyl (C=O) groups excluding carboxylic acids is 1. The van der Waals surface area contributed by atoms with E-state index in [1.54, 1.807) is 7.11 Å². The Morgan fingerprint density at radius 3 is 2.50 bits per heavy atom. The first-order valence-electron chi connectivity index (χ1n) is 10.7. The molecule has 3 rings (SSSR count). The van der Waals surface area contributed by atoms with E-state index in [1.165, 1.54) is 11.1 Å². The first-order chi connectivity index (χ1) is 14.6. The topological polar surface area (TPSA) is 34.5 Å². The fourth-order valence-corrected chi connectivity index (χ4v) is 3.58. The predicted octanol–water partition coefficient (Wildman–Crippen LogP) is 5.22. The molecule has 0 unspecified atom stereocenters. The van der Waals surface area contributed by atoms with Gasteiger partial charge in [-0.05, 0) is 54.3 Å².